The van der Waals surface area contributed by atoms with Crippen LogP contribution in [0.2, 0.25) is 10.0 Å². The summed E-state index contributed by atoms with van der Waals surface area (Å²) in [6.07, 6.45) is 5.52. The third kappa shape index (κ3) is 2.73. The molecule has 1 spiro atoms. The maximum Gasteiger partial charge on any atom is 0.240 e. The van der Waals surface area contributed by atoms with Crippen molar-refractivity contribution in [2.45, 2.75) is 24.7 Å². The molecule has 5 heteroatoms. The second-order valence-electron chi connectivity index (χ2n) is 6.83. The van der Waals surface area contributed by atoms with E-state index < -0.39 is 5.41 Å². The molecular formula is C22H17Cl2NO2. The second kappa shape index (κ2) is 6.66. The van der Waals surface area contributed by atoms with Crippen LogP contribution in [0.3, 0.4) is 0 Å². The summed E-state index contributed by atoms with van der Waals surface area (Å²) < 4.78 is 0. The van der Waals surface area contributed by atoms with E-state index in [1.165, 1.54) is 0 Å². The minimum absolute atomic E-state index is 0.00564. The minimum atomic E-state index is -0.995. The van der Waals surface area contributed by atoms with Gasteiger partial charge in [0, 0.05) is 28.1 Å². The first-order chi connectivity index (χ1) is 13.0. The molecule has 1 amide bonds. The molecule has 0 aromatic heterocycles. The highest BCUT2D eigenvalue weighted by molar-refractivity contribution is 6.31. The van der Waals surface area contributed by atoms with Crippen molar-refractivity contribution < 1.29 is 9.59 Å². The fraction of sp³-hybridized carbons (Fsp3) is 0.182. The third-order valence-electron chi connectivity index (χ3n) is 5.31. The van der Waals surface area contributed by atoms with Crippen molar-refractivity contribution in [1.82, 2.24) is 0 Å². The average Bonchev–Trinajstić information content (AvgIpc) is 2.90. The Labute approximate surface area is 167 Å². The number of allylic oxidation sites excluding steroid dienone is 3. The van der Waals surface area contributed by atoms with Crippen molar-refractivity contribution >= 4 is 40.6 Å². The Hall–Kier alpha value is -2.36. The molecule has 136 valence electrons. The van der Waals surface area contributed by atoms with Gasteiger partial charge in [-0.2, -0.15) is 0 Å². The summed E-state index contributed by atoms with van der Waals surface area (Å²) in [6.45, 7) is 1.87. The van der Waals surface area contributed by atoms with E-state index in [9.17, 15) is 9.59 Å². The van der Waals surface area contributed by atoms with Crippen LogP contribution in [-0.4, -0.2) is 11.7 Å². The van der Waals surface area contributed by atoms with Gasteiger partial charge in [-0.05, 0) is 54.0 Å². The minimum Gasteiger partial charge on any atom is -0.325 e. The first kappa shape index (κ1) is 18.0. The topological polar surface area (TPSA) is 46.2 Å². The Morgan fingerprint density at radius 2 is 1.89 bits per heavy atom. The zero-order chi connectivity index (χ0) is 19.2. The number of benzene rings is 2. The van der Waals surface area contributed by atoms with Crippen molar-refractivity contribution in [2.24, 2.45) is 0 Å². The van der Waals surface area contributed by atoms with Crippen LogP contribution < -0.4 is 5.32 Å². The van der Waals surface area contributed by atoms with E-state index in [2.05, 4.69) is 5.32 Å². The molecule has 1 aliphatic heterocycles. The van der Waals surface area contributed by atoms with Gasteiger partial charge in [-0.1, -0.05) is 53.6 Å². The molecule has 0 saturated heterocycles. The molecule has 0 radical (unpaired) electrons. The summed E-state index contributed by atoms with van der Waals surface area (Å²) in [5.41, 5.74) is 2.07. The summed E-state index contributed by atoms with van der Waals surface area (Å²) in [7, 11) is 0. The SMILES string of the molecule is CC=CC1=CC(=O)C[C@@H](c2cccc(Cl)c2)[C@]12C(=O)Nc1cc(Cl)ccc12. The molecule has 0 unspecified atom stereocenters. The van der Waals surface area contributed by atoms with Gasteiger partial charge in [0.05, 0.1) is 0 Å². The summed E-state index contributed by atoms with van der Waals surface area (Å²) in [6, 6.07) is 12.8. The van der Waals surface area contributed by atoms with Crippen molar-refractivity contribution in [2.75, 3.05) is 5.32 Å². The summed E-state index contributed by atoms with van der Waals surface area (Å²) >= 11 is 12.4. The van der Waals surface area contributed by atoms with Gasteiger partial charge in [-0.3, -0.25) is 9.59 Å². The molecule has 4 rings (SSSR count). The molecule has 0 bridgehead atoms. The first-order valence-corrected chi connectivity index (χ1v) is 9.47. The maximum atomic E-state index is 13.4. The number of carbonyl (C=O) groups excluding carboxylic acids is 2. The van der Waals surface area contributed by atoms with Gasteiger partial charge in [0.15, 0.2) is 5.78 Å². The fourth-order valence-electron chi connectivity index (χ4n) is 4.29. The lowest BCUT2D eigenvalue weighted by Gasteiger charge is -2.40. The predicted molar refractivity (Wildman–Crippen MR) is 108 cm³/mol. The lowest BCUT2D eigenvalue weighted by molar-refractivity contribution is -0.121. The number of anilines is 1. The smallest absolute Gasteiger partial charge is 0.240 e. The number of hydrogen-bond donors (Lipinski definition) is 1. The lowest BCUT2D eigenvalue weighted by Crippen LogP contribution is -2.45. The number of nitrogens with one attached hydrogen (secondary N) is 1. The third-order valence-corrected chi connectivity index (χ3v) is 5.78. The van der Waals surface area contributed by atoms with E-state index in [1.807, 2.05) is 43.3 Å². The standard InChI is InChI=1S/C22H17Cl2NO2/c1-2-4-14-10-17(26)12-19(13-5-3-6-15(23)9-13)22(14)18-8-7-16(24)11-20(18)25-21(22)27/h2-11,19H,12H2,1H3,(H,25,27)/t19-,22-/m0/s1. The second-order valence-corrected chi connectivity index (χ2v) is 7.70. The Balaban J connectivity index is 2.04. The van der Waals surface area contributed by atoms with E-state index >= 15 is 0 Å². The van der Waals surface area contributed by atoms with Gasteiger partial charge in [0.2, 0.25) is 5.91 Å². The highest BCUT2D eigenvalue weighted by Gasteiger charge is 2.56. The molecule has 2 aliphatic rings. The molecule has 2 aromatic rings. The highest BCUT2D eigenvalue weighted by Crippen LogP contribution is 2.55. The molecule has 2 atom stereocenters. The highest BCUT2D eigenvalue weighted by atomic mass is 35.5. The van der Waals surface area contributed by atoms with Crippen molar-refractivity contribution in [3.8, 4) is 0 Å². The Bertz CT molecular complexity index is 1020. The number of hydrogen-bond acceptors (Lipinski definition) is 2. The molecule has 1 N–H and O–H groups in total. The number of halogens is 2. The Morgan fingerprint density at radius 1 is 1.11 bits per heavy atom. The molecule has 2 aromatic carbocycles. The van der Waals surface area contributed by atoms with Crippen LogP contribution in [0.15, 0.2) is 66.3 Å². The first-order valence-electron chi connectivity index (χ1n) is 8.71. The van der Waals surface area contributed by atoms with Crippen LogP contribution in [0.5, 0.6) is 0 Å². The summed E-state index contributed by atoms with van der Waals surface area (Å²) in [4.78, 5) is 25.9. The van der Waals surface area contributed by atoms with Gasteiger partial charge in [-0.25, -0.2) is 0 Å². The number of ketones is 1. The quantitative estimate of drug-likeness (QED) is 0.732. The van der Waals surface area contributed by atoms with E-state index in [0.717, 1.165) is 11.1 Å². The number of carbonyl (C=O) groups is 2. The number of rotatable bonds is 2. The zero-order valence-electron chi connectivity index (χ0n) is 14.6. The molecule has 0 saturated carbocycles. The molecule has 1 heterocycles. The number of fused-ring (bicyclic) bond motifs is 2. The van der Waals surface area contributed by atoms with Crippen LogP contribution in [0.25, 0.3) is 0 Å². The number of amides is 1. The van der Waals surface area contributed by atoms with Crippen LogP contribution in [0, 0.1) is 0 Å². The molecule has 3 nitrogen and oxygen atoms in total. The van der Waals surface area contributed by atoms with Crippen LogP contribution in [-0.2, 0) is 15.0 Å². The van der Waals surface area contributed by atoms with Crippen molar-refractivity contribution in [1.29, 1.82) is 0 Å². The predicted octanol–water partition coefficient (Wildman–Crippen LogP) is 5.44. The fourth-order valence-corrected chi connectivity index (χ4v) is 4.66. The summed E-state index contributed by atoms with van der Waals surface area (Å²) in [5.74, 6) is -0.516. The van der Waals surface area contributed by atoms with Gasteiger partial charge in [-0.15, -0.1) is 0 Å². The molecule has 27 heavy (non-hydrogen) atoms. The molecule has 1 aliphatic carbocycles. The zero-order valence-corrected chi connectivity index (χ0v) is 16.1. The van der Waals surface area contributed by atoms with Crippen LogP contribution in [0.4, 0.5) is 5.69 Å². The Kier molecular flexibility index (Phi) is 4.45. The summed E-state index contributed by atoms with van der Waals surface area (Å²) in [5, 5.41) is 4.10. The van der Waals surface area contributed by atoms with Crippen molar-refractivity contribution in [3.63, 3.8) is 0 Å². The average molecular weight is 398 g/mol. The normalized spacial score (nSPS) is 24.3. The maximum absolute atomic E-state index is 13.4. The van der Waals surface area contributed by atoms with E-state index in [1.54, 1.807) is 24.3 Å². The van der Waals surface area contributed by atoms with Gasteiger partial charge < -0.3 is 5.32 Å². The van der Waals surface area contributed by atoms with Gasteiger partial charge >= 0.3 is 0 Å². The Morgan fingerprint density at radius 3 is 2.63 bits per heavy atom. The van der Waals surface area contributed by atoms with E-state index in [0.29, 0.717) is 21.3 Å². The largest absolute Gasteiger partial charge is 0.325 e. The molecular weight excluding hydrogens is 381 g/mol. The van der Waals surface area contributed by atoms with E-state index in [4.69, 9.17) is 23.2 Å². The van der Waals surface area contributed by atoms with Crippen LogP contribution in [0.1, 0.15) is 30.4 Å². The van der Waals surface area contributed by atoms with Gasteiger partial charge in [0.25, 0.3) is 0 Å². The lowest BCUT2D eigenvalue weighted by atomic mass is 9.59. The van der Waals surface area contributed by atoms with Crippen LogP contribution >= 0.6 is 23.2 Å². The molecule has 0 fully saturated rings. The van der Waals surface area contributed by atoms with E-state index in [-0.39, 0.29) is 24.0 Å². The van der Waals surface area contributed by atoms with Crippen molar-refractivity contribution in [3.05, 3.63) is 87.4 Å². The van der Waals surface area contributed by atoms with Gasteiger partial charge in [0.1, 0.15) is 5.41 Å². The monoisotopic (exact) mass is 397 g/mol.